The van der Waals surface area contributed by atoms with Crippen molar-refractivity contribution < 1.29 is 69.1 Å². The van der Waals surface area contributed by atoms with E-state index in [0.29, 0.717) is 42.2 Å². The Bertz CT molecular complexity index is 2410. The van der Waals surface area contributed by atoms with Gasteiger partial charge in [0.1, 0.15) is 35.6 Å². The molecule has 1 saturated carbocycles. The van der Waals surface area contributed by atoms with Gasteiger partial charge in [-0.1, -0.05) is 67.8 Å². The highest BCUT2D eigenvalue weighted by molar-refractivity contribution is 6.31. The van der Waals surface area contributed by atoms with Crippen LogP contribution in [-0.2, 0) is 34.6 Å². The normalized spacial score (nSPS) is 22.1. The molecular weight excluding hydrogens is 789 g/mol. The van der Waals surface area contributed by atoms with E-state index in [2.05, 4.69) is 0 Å². The fourth-order valence-corrected chi connectivity index (χ4v) is 8.69. The maximum atomic E-state index is 14.9. The van der Waals surface area contributed by atoms with Crippen LogP contribution < -0.4 is 9.47 Å². The van der Waals surface area contributed by atoms with Crippen LogP contribution in [0.5, 0.6) is 17.2 Å². The number of aldehydes is 1. The molecule has 7 rings (SSSR count). The summed E-state index contributed by atoms with van der Waals surface area (Å²) in [6.45, 7) is 1.73. The molecule has 14 heteroatoms. The highest BCUT2D eigenvalue weighted by Crippen LogP contribution is 2.46. The lowest BCUT2D eigenvalue weighted by atomic mass is 9.76. The number of aromatic hydroxyl groups is 1. The summed E-state index contributed by atoms with van der Waals surface area (Å²) in [5, 5.41) is 76.0. The largest absolute Gasteiger partial charge is 0.507 e. The predicted molar refractivity (Wildman–Crippen MR) is 219 cm³/mol. The molecule has 3 aliphatic rings. The Morgan fingerprint density at radius 2 is 1.59 bits per heavy atom. The number of phenolic OH excluding ortho intramolecular Hbond substituents is 1. The molecule has 7 N–H and O–H groups in total. The number of esters is 1. The number of phenols is 1. The number of hydrogen-bond acceptors (Lipinski definition) is 14. The van der Waals surface area contributed by atoms with E-state index >= 15 is 0 Å². The molecule has 320 valence electrons. The number of fused-ring (bicyclic) bond motifs is 2. The molecule has 2 fully saturated rings. The van der Waals surface area contributed by atoms with Crippen molar-refractivity contribution in [3.05, 3.63) is 121 Å². The third-order valence-corrected chi connectivity index (χ3v) is 11.8. The van der Waals surface area contributed by atoms with Crippen LogP contribution in [0, 0.1) is 0 Å². The average molecular weight is 837 g/mol. The Kier molecular flexibility index (Phi) is 12.7. The number of carbonyl (C=O) groups is 4. The molecule has 4 aromatic rings. The van der Waals surface area contributed by atoms with Gasteiger partial charge in [-0.05, 0) is 72.2 Å². The number of ketones is 2. The van der Waals surface area contributed by atoms with Crippen LogP contribution in [0.1, 0.15) is 127 Å². The summed E-state index contributed by atoms with van der Waals surface area (Å²) < 4.78 is 17.4. The molecule has 14 nitrogen and oxygen atoms in total. The monoisotopic (exact) mass is 836 g/mol. The zero-order valence-electron chi connectivity index (χ0n) is 33.7. The summed E-state index contributed by atoms with van der Waals surface area (Å²) in [4.78, 5) is 54.9. The van der Waals surface area contributed by atoms with Crippen molar-refractivity contribution in [1.82, 2.24) is 0 Å². The van der Waals surface area contributed by atoms with E-state index in [1.165, 1.54) is 25.1 Å². The van der Waals surface area contributed by atoms with Crippen molar-refractivity contribution in [1.29, 1.82) is 0 Å². The van der Waals surface area contributed by atoms with Crippen LogP contribution in [0.3, 0.4) is 0 Å². The Hall–Kier alpha value is -5.58. The number of ether oxygens (including phenoxy) is 3. The number of aliphatic hydroxyl groups is 6. The van der Waals surface area contributed by atoms with Crippen molar-refractivity contribution in [2.45, 2.75) is 102 Å². The first-order valence-corrected chi connectivity index (χ1v) is 20.2. The lowest BCUT2D eigenvalue weighted by Crippen LogP contribution is -2.58. The Morgan fingerprint density at radius 3 is 2.28 bits per heavy atom. The van der Waals surface area contributed by atoms with Crippen LogP contribution in [0.15, 0.2) is 54.6 Å². The molecule has 0 bridgehead atoms. The standard InChI is InChI=1S/C47H48O14/c1-24-40(52)44(56)45(57)46(59-24)61-36-21-32-39(41(53)31(36)19-28-10-7-11-34(33(28)23-50)47(58)15-4-3-5-16-47)43(55)37-29(22-49)20-35(60-25(2)51)30(38(37)42(32)54)13-12-26-8-6-9-27(18-26)14-17-48/h6-13,18,20-21,23-24,40,44-46,48-49,52-53,56-58H,3-5,14-17,19,22H2,1-2H3/b13-12-/t24-,40+,44+,45+,46+/m0/s1. The molecule has 1 heterocycles. The summed E-state index contributed by atoms with van der Waals surface area (Å²) in [5.74, 6) is -3.59. The van der Waals surface area contributed by atoms with E-state index < -0.39 is 71.8 Å². The zero-order valence-corrected chi connectivity index (χ0v) is 33.7. The van der Waals surface area contributed by atoms with Crippen LogP contribution >= 0.6 is 0 Å². The third-order valence-electron chi connectivity index (χ3n) is 11.8. The predicted octanol–water partition coefficient (Wildman–Crippen LogP) is 4.05. The minimum atomic E-state index is -1.82. The molecule has 0 unspecified atom stereocenters. The van der Waals surface area contributed by atoms with Gasteiger partial charge in [0.2, 0.25) is 6.29 Å². The number of carbonyl (C=O) groups excluding carboxylic acids is 4. The van der Waals surface area contributed by atoms with Gasteiger partial charge in [0.05, 0.1) is 23.9 Å². The summed E-state index contributed by atoms with van der Waals surface area (Å²) in [6, 6.07) is 14.5. The maximum Gasteiger partial charge on any atom is 0.308 e. The molecule has 0 spiro atoms. The summed E-state index contributed by atoms with van der Waals surface area (Å²) >= 11 is 0. The van der Waals surface area contributed by atoms with Crippen LogP contribution in [-0.4, -0.2) is 96.9 Å². The van der Waals surface area contributed by atoms with Crippen molar-refractivity contribution in [3.8, 4) is 17.2 Å². The van der Waals surface area contributed by atoms with E-state index in [4.69, 9.17) is 14.2 Å². The van der Waals surface area contributed by atoms with Gasteiger partial charge in [-0.3, -0.25) is 19.2 Å². The van der Waals surface area contributed by atoms with Gasteiger partial charge in [0.15, 0.2) is 17.9 Å². The topological polar surface area (TPSA) is 238 Å². The maximum absolute atomic E-state index is 14.9. The number of benzene rings is 4. The minimum absolute atomic E-state index is 0.00931. The molecular formula is C47H48O14. The number of aliphatic hydroxyl groups excluding tert-OH is 5. The Balaban J connectivity index is 1.42. The lowest BCUT2D eigenvalue weighted by Gasteiger charge is -2.39. The number of hydrogen-bond donors (Lipinski definition) is 7. The zero-order chi connectivity index (χ0) is 43.7. The highest BCUT2D eigenvalue weighted by Gasteiger charge is 2.45. The smallest absolute Gasteiger partial charge is 0.308 e. The third kappa shape index (κ3) is 8.28. The second-order valence-electron chi connectivity index (χ2n) is 15.8. The van der Waals surface area contributed by atoms with Gasteiger partial charge in [-0.15, -0.1) is 0 Å². The van der Waals surface area contributed by atoms with Crippen molar-refractivity contribution in [3.63, 3.8) is 0 Å². The van der Waals surface area contributed by atoms with Crippen LogP contribution in [0.4, 0.5) is 0 Å². The van der Waals surface area contributed by atoms with Crippen LogP contribution in [0.25, 0.3) is 12.2 Å². The van der Waals surface area contributed by atoms with Gasteiger partial charge in [-0.2, -0.15) is 0 Å². The molecule has 61 heavy (non-hydrogen) atoms. The molecule has 0 aromatic heterocycles. The van der Waals surface area contributed by atoms with Gasteiger partial charge in [-0.25, -0.2) is 0 Å². The van der Waals surface area contributed by atoms with Gasteiger partial charge in [0, 0.05) is 53.3 Å². The first-order valence-electron chi connectivity index (χ1n) is 20.2. The molecule has 0 radical (unpaired) electrons. The fourth-order valence-electron chi connectivity index (χ4n) is 8.69. The highest BCUT2D eigenvalue weighted by atomic mass is 16.7. The van der Waals surface area contributed by atoms with E-state index in [-0.39, 0.29) is 63.5 Å². The minimum Gasteiger partial charge on any atom is -0.507 e. The van der Waals surface area contributed by atoms with Gasteiger partial charge < -0.3 is 50.0 Å². The average Bonchev–Trinajstić information content (AvgIpc) is 3.24. The lowest BCUT2D eigenvalue weighted by molar-refractivity contribution is -0.268. The first kappa shape index (κ1) is 43.5. The number of rotatable bonds is 12. The van der Waals surface area contributed by atoms with Crippen LogP contribution in [0.2, 0.25) is 0 Å². The molecule has 4 aromatic carbocycles. The van der Waals surface area contributed by atoms with Gasteiger partial charge in [0.25, 0.3) is 0 Å². The fraction of sp³-hybridized carbons (Fsp3) is 0.362. The molecule has 1 aliphatic heterocycles. The molecule has 5 atom stereocenters. The molecule has 0 amide bonds. The Morgan fingerprint density at radius 1 is 0.852 bits per heavy atom. The quantitative estimate of drug-likeness (QED) is 0.0407. The Labute approximate surface area is 351 Å². The second-order valence-corrected chi connectivity index (χ2v) is 15.8. The van der Waals surface area contributed by atoms with E-state index in [9.17, 15) is 54.9 Å². The molecule has 1 saturated heterocycles. The van der Waals surface area contributed by atoms with Crippen molar-refractivity contribution in [2.24, 2.45) is 0 Å². The van der Waals surface area contributed by atoms with Crippen molar-refractivity contribution in [2.75, 3.05) is 6.61 Å². The van der Waals surface area contributed by atoms with E-state index in [1.54, 1.807) is 42.5 Å². The first-order chi connectivity index (χ1) is 29.2. The van der Waals surface area contributed by atoms with Gasteiger partial charge >= 0.3 is 5.97 Å². The summed E-state index contributed by atoms with van der Waals surface area (Å²) in [5.41, 5.74) is -0.451. The van der Waals surface area contributed by atoms with E-state index in [1.807, 2.05) is 6.07 Å². The van der Waals surface area contributed by atoms with Crippen molar-refractivity contribution >= 4 is 36.0 Å². The second kappa shape index (κ2) is 17.8. The van der Waals surface area contributed by atoms with E-state index in [0.717, 1.165) is 31.7 Å². The SMILES string of the molecule is CC(=O)Oc1cc(CO)c2c(c1/C=C\c1cccc(CCO)c1)C(=O)c1cc(O[C@H]3O[C@@H](C)[C@@H](O)[C@@H](O)[C@H]3O)c(Cc3cccc(C4(O)CCCCC4)c3C=O)c(O)c1C2=O. The summed E-state index contributed by atoms with van der Waals surface area (Å²) in [7, 11) is 0. The summed E-state index contributed by atoms with van der Waals surface area (Å²) in [6.07, 6.45) is -0.674. The molecule has 2 aliphatic carbocycles.